The van der Waals surface area contributed by atoms with Crippen molar-refractivity contribution in [2.75, 3.05) is 12.4 Å². The van der Waals surface area contributed by atoms with Crippen molar-refractivity contribution in [1.82, 2.24) is 10.3 Å². The maximum atomic E-state index is 13.1. The van der Waals surface area contributed by atoms with Crippen molar-refractivity contribution in [3.63, 3.8) is 0 Å². The van der Waals surface area contributed by atoms with Crippen molar-refractivity contribution >= 4 is 39.8 Å². The molecule has 0 aliphatic rings. The topological polar surface area (TPSA) is 54.0 Å². The van der Waals surface area contributed by atoms with Crippen LogP contribution < -0.4 is 10.6 Å². The monoisotopic (exact) mass is 379 g/mol. The Bertz CT molecular complexity index is 975. The van der Waals surface area contributed by atoms with Gasteiger partial charge in [-0.2, -0.15) is 13.2 Å². The van der Waals surface area contributed by atoms with E-state index in [2.05, 4.69) is 15.6 Å². The number of nitrogens with one attached hydrogen (secondary N) is 2. The van der Waals surface area contributed by atoms with Crippen molar-refractivity contribution < 1.29 is 18.0 Å². The third kappa shape index (κ3) is 3.43. The molecular formula is C18H13ClF3N3O. The largest absolute Gasteiger partial charge is 0.417 e. The van der Waals surface area contributed by atoms with Crippen LogP contribution in [0.4, 0.5) is 24.5 Å². The summed E-state index contributed by atoms with van der Waals surface area (Å²) in [6.07, 6.45) is -3.36. The van der Waals surface area contributed by atoms with Crippen LogP contribution in [0.5, 0.6) is 0 Å². The van der Waals surface area contributed by atoms with E-state index in [4.69, 9.17) is 11.6 Å². The lowest BCUT2D eigenvalue weighted by atomic mass is 10.1. The van der Waals surface area contributed by atoms with Gasteiger partial charge >= 0.3 is 6.18 Å². The third-order valence-corrected chi connectivity index (χ3v) is 4.09. The highest BCUT2D eigenvalue weighted by molar-refractivity contribution is 6.32. The van der Waals surface area contributed by atoms with Gasteiger partial charge in [0.2, 0.25) is 0 Å². The molecule has 3 aromatic rings. The van der Waals surface area contributed by atoms with Gasteiger partial charge in [-0.05, 0) is 24.3 Å². The minimum Gasteiger partial charge on any atom is -0.355 e. The predicted octanol–water partition coefficient (Wildman–Crippen LogP) is 5.01. The van der Waals surface area contributed by atoms with Crippen LogP contribution in [-0.4, -0.2) is 17.9 Å². The molecule has 0 fully saturated rings. The second kappa shape index (κ2) is 6.84. The van der Waals surface area contributed by atoms with Gasteiger partial charge in [-0.15, -0.1) is 0 Å². The number of fused-ring (bicyclic) bond motifs is 1. The number of rotatable bonds is 3. The van der Waals surface area contributed by atoms with E-state index < -0.39 is 22.7 Å². The molecule has 0 spiro atoms. The Balaban J connectivity index is 2.26. The van der Waals surface area contributed by atoms with E-state index in [1.807, 2.05) is 6.07 Å². The number of alkyl halides is 3. The average molecular weight is 380 g/mol. The van der Waals surface area contributed by atoms with Gasteiger partial charge in [0, 0.05) is 24.3 Å². The molecule has 0 saturated carbocycles. The summed E-state index contributed by atoms with van der Waals surface area (Å²) >= 11 is 5.85. The molecule has 0 radical (unpaired) electrons. The molecule has 1 aromatic heterocycles. The first-order chi connectivity index (χ1) is 12.3. The summed E-state index contributed by atoms with van der Waals surface area (Å²) in [5.74, 6) is -0.422. The highest BCUT2D eigenvalue weighted by Gasteiger charge is 2.34. The molecule has 26 heavy (non-hydrogen) atoms. The van der Waals surface area contributed by atoms with Crippen molar-refractivity contribution in [2.24, 2.45) is 0 Å². The van der Waals surface area contributed by atoms with Crippen molar-refractivity contribution in [1.29, 1.82) is 0 Å². The Morgan fingerprint density at radius 3 is 2.46 bits per heavy atom. The summed E-state index contributed by atoms with van der Waals surface area (Å²) in [6, 6.07) is 11.0. The van der Waals surface area contributed by atoms with Gasteiger partial charge in [-0.3, -0.25) is 9.78 Å². The van der Waals surface area contributed by atoms with E-state index in [-0.39, 0.29) is 11.1 Å². The van der Waals surface area contributed by atoms with Crippen LogP contribution >= 0.6 is 11.6 Å². The summed E-state index contributed by atoms with van der Waals surface area (Å²) in [7, 11) is 1.46. The van der Waals surface area contributed by atoms with E-state index in [1.165, 1.54) is 19.3 Å². The molecule has 2 N–H and O–H groups in total. The molecule has 0 saturated heterocycles. The van der Waals surface area contributed by atoms with E-state index >= 15 is 0 Å². The Hall–Kier alpha value is -2.80. The molecule has 2 aromatic carbocycles. The Morgan fingerprint density at radius 2 is 1.85 bits per heavy atom. The zero-order valence-electron chi connectivity index (χ0n) is 13.5. The number of pyridine rings is 1. The first-order valence-electron chi connectivity index (χ1n) is 7.55. The number of amides is 1. The molecule has 0 unspecified atom stereocenters. The number of halogens is 4. The lowest BCUT2D eigenvalue weighted by molar-refractivity contribution is -0.137. The maximum absolute atomic E-state index is 13.1. The highest BCUT2D eigenvalue weighted by Crippen LogP contribution is 2.39. The smallest absolute Gasteiger partial charge is 0.355 e. The van der Waals surface area contributed by atoms with E-state index in [1.54, 1.807) is 24.3 Å². The molecule has 0 aliphatic heterocycles. The normalized spacial score (nSPS) is 11.4. The molecule has 134 valence electrons. The van der Waals surface area contributed by atoms with Gasteiger partial charge in [0.15, 0.2) is 0 Å². The van der Waals surface area contributed by atoms with E-state index in [9.17, 15) is 18.0 Å². The van der Waals surface area contributed by atoms with Crippen LogP contribution in [0.1, 0.15) is 15.9 Å². The number of benzene rings is 2. The zero-order valence-corrected chi connectivity index (χ0v) is 14.2. The Labute approximate surface area is 152 Å². The summed E-state index contributed by atoms with van der Waals surface area (Å²) in [5, 5.41) is 5.42. The highest BCUT2D eigenvalue weighted by atomic mass is 35.5. The summed E-state index contributed by atoms with van der Waals surface area (Å²) < 4.78 is 39.3. The number of carbonyl (C=O) groups excluding carboxylic acids is 1. The molecular weight excluding hydrogens is 367 g/mol. The number of hydrogen-bond donors (Lipinski definition) is 2. The second-order valence-electron chi connectivity index (χ2n) is 5.46. The van der Waals surface area contributed by atoms with Gasteiger partial charge < -0.3 is 10.6 Å². The van der Waals surface area contributed by atoms with Crippen molar-refractivity contribution in [3.05, 3.63) is 64.8 Å². The summed E-state index contributed by atoms with van der Waals surface area (Å²) in [5.41, 5.74) is 0.294. The van der Waals surface area contributed by atoms with E-state index in [0.29, 0.717) is 16.8 Å². The first kappa shape index (κ1) is 18.0. The molecule has 8 heteroatoms. The fourth-order valence-electron chi connectivity index (χ4n) is 2.54. The zero-order chi connectivity index (χ0) is 18.9. The fraction of sp³-hybridized carbons (Fsp3) is 0.111. The predicted molar refractivity (Wildman–Crippen MR) is 94.9 cm³/mol. The standard InChI is InChI=1S/C18H13ClF3N3O/c1-23-17(26)12-9-24-15-8-13(18(20,21)22)14(19)7-11(15)16(12)25-10-5-3-2-4-6-10/h2-9H,1H3,(H,23,26)(H,24,25). The summed E-state index contributed by atoms with van der Waals surface area (Å²) in [6.45, 7) is 0. The number of carbonyl (C=O) groups is 1. The molecule has 3 rings (SSSR count). The maximum Gasteiger partial charge on any atom is 0.417 e. The molecule has 0 aliphatic carbocycles. The molecule has 4 nitrogen and oxygen atoms in total. The average Bonchev–Trinajstić information content (AvgIpc) is 2.61. The Kier molecular flexibility index (Phi) is 4.73. The van der Waals surface area contributed by atoms with Gasteiger partial charge in [-0.25, -0.2) is 0 Å². The van der Waals surface area contributed by atoms with Crippen molar-refractivity contribution in [3.8, 4) is 0 Å². The number of hydrogen-bond acceptors (Lipinski definition) is 3. The van der Waals surface area contributed by atoms with Crippen LogP contribution in [0.3, 0.4) is 0 Å². The van der Waals surface area contributed by atoms with Gasteiger partial charge in [-0.1, -0.05) is 29.8 Å². The minimum absolute atomic E-state index is 0.0767. The summed E-state index contributed by atoms with van der Waals surface area (Å²) in [4.78, 5) is 16.2. The number of anilines is 2. The SMILES string of the molecule is CNC(=O)c1cnc2cc(C(F)(F)F)c(Cl)cc2c1Nc1ccccc1. The molecule has 0 atom stereocenters. The van der Waals surface area contributed by atoms with Gasteiger partial charge in [0.25, 0.3) is 5.91 Å². The second-order valence-corrected chi connectivity index (χ2v) is 5.87. The number of aromatic nitrogens is 1. The van der Waals surface area contributed by atoms with Crippen LogP contribution in [0.25, 0.3) is 10.9 Å². The Morgan fingerprint density at radius 1 is 1.15 bits per heavy atom. The van der Waals surface area contributed by atoms with Gasteiger partial charge in [0.05, 0.1) is 27.4 Å². The van der Waals surface area contributed by atoms with E-state index in [0.717, 1.165) is 6.07 Å². The molecule has 1 amide bonds. The lowest BCUT2D eigenvalue weighted by Gasteiger charge is -2.16. The van der Waals surface area contributed by atoms with Crippen LogP contribution in [0.2, 0.25) is 5.02 Å². The van der Waals surface area contributed by atoms with Crippen LogP contribution in [0, 0.1) is 0 Å². The van der Waals surface area contributed by atoms with Gasteiger partial charge in [0.1, 0.15) is 0 Å². The number of nitrogens with zero attached hydrogens (tertiary/aromatic N) is 1. The van der Waals surface area contributed by atoms with Crippen LogP contribution in [0.15, 0.2) is 48.7 Å². The molecule has 0 bridgehead atoms. The quantitative estimate of drug-likeness (QED) is 0.672. The first-order valence-corrected chi connectivity index (χ1v) is 7.92. The lowest BCUT2D eigenvalue weighted by Crippen LogP contribution is -2.19. The van der Waals surface area contributed by atoms with Crippen LogP contribution in [-0.2, 0) is 6.18 Å². The van der Waals surface area contributed by atoms with Crippen molar-refractivity contribution in [2.45, 2.75) is 6.18 Å². The molecule has 1 heterocycles. The number of para-hydroxylation sites is 1. The minimum atomic E-state index is -4.60. The third-order valence-electron chi connectivity index (χ3n) is 3.78. The fourth-order valence-corrected chi connectivity index (χ4v) is 2.81.